The van der Waals surface area contributed by atoms with Crippen molar-refractivity contribution in [1.82, 2.24) is 4.72 Å². The minimum atomic E-state index is -4.14. The van der Waals surface area contributed by atoms with Gasteiger partial charge in [0, 0.05) is 6.61 Å². The lowest BCUT2D eigenvalue weighted by Crippen LogP contribution is -2.41. The molecule has 0 saturated heterocycles. The van der Waals surface area contributed by atoms with Gasteiger partial charge in [0.2, 0.25) is 10.0 Å². The molecular weight excluding hydrogens is 317 g/mol. The molecule has 0 aliphatic rings. The molecule has 0 aliphatic heterocycles. The standard InChI is InChI=1S/C10H11Cl2NO5S/c11-6-2-1-3-8(9(6)12)19(17,18)13-7(4-5-14)10(15)16/h1-3,7,13-14H,4-5H2,(H,15,16)/t7-/m0/s1. The molecule has 1 atom stereocenters. The van der Waals surface area contributed by atoms with Crippen molar-refractivity contribution in [2.45, 2.75) is 17.4 Å². The monoisotopic (exact) mass is 327 g/mol. The molecule has 0 aliphatic carbocycles. The van der Waals surface area contributed by atoms with Crippen molar-refractivity contribution >= 4 is 39.2 Å². The van der Waals surface area contributed by atoms with Crippen LogP contribution in [0, 0.1) is 0 Å². The fourth-order valence-electron chi connectivity index (χ4n) is 1.30. The van der Waals surface area contributed by atoms with Crippen LogP contribution in [0.25, 0.3) is 0 Å². The smallest absolute Gasteiger partial charge is 0.321 e. The molecular formula is C10H11Cl2NO5S. The molecule has 0 spiro atoms. The third-order valence-corrected chi connectivity index (χ3v) is 4.66. The molecule has 9 heteroatoms. The molecule has 19 heavy (non-hydrogen) atoms. The molecule has 6 nitrogen and oxygen atoms in total. The van der Waals surface area contributed by atoms with Gasteiger partial charge in [-0.2, -0.15) is 4.72 Å². The van der Waals surface area contributed by atoms with E-state index in [0.29, 0.717) is 0 Å². The van der Waals surface area contributed by atoms with Gasteiger partial charge in [0.1, 0.15) is 10.9 Å². The van der Waals surface area contributed by atoms with Crippen LogP contribution in [-0.4, -0.2) is 37.2 Å². The predicted molar refractivity (Wildman–Crippen MR) is 69.9 cm³/mol. The molecule has 0 bridgehead atoms. The van der Waals surface area contributed by atoms with Crippen LogP contribution >= 0.6 is 23.2 Å². The Morgan fingerprint density at radius 1 is 1.37 bits per heavy atom. The van der Waals surface area contributed by atoms with Crippen LogP contribution < -0.4 is 4.72 Å². The van der Waals surface area contributed by atoms with E-state index in [1.807, 2.05) is 4.72 Å². The second kappa shape index (κ2) is 6.53. The van der Waals surface area contributed by atoms with Crippen molar-refractivity contribution in [1.29, 1.82) is 0 Å². The van der Waals surface area contributed by atoms with Gasteiger partial charge in [-0.25, -0.2) is 8.42 Å². The highest BCUT2D eigenvalue weighted by Gasteiger charge is 2.27. The summed E-state index contributed by atoms with van der Waals surface area (Å²) < 4.78 is 25.9. The molecule has 0 saturated carbocycles. The van der Waals surface area contributed by atoms with Gasteiger partial charge in [0.25, 0.3) is 0 Å². The van der Waals surface area contributed by atoms with Gasteiger partial charge < -0.3 is 10.2 Å². The van der Waals surface area contributed by atoms with E-state index in [1.54, 1.807) is 0 Å². The predicted octanol–water partition coefficient (Wildman–Crippen LogP) is 1.11. The van der Waals surface area contributed by atoms with Crippen molar-refractivity contribution in [3.63, 3.8) is 0 Å². The average molecular weight is 328 g/mol. The van der Waals surface area contributed by atoms with Gasteiger partial charge >= 0.3 is 5.97 Å². The van der Waals surface area contributed by atoms with Crippen LogP contribution in [0.1, 0.15) is 6.42 Å². The number of rotatable bonds is 6. The third-order valence-electron chi connectivity index (χ3n) is 2.22. The number of sulfonamides is 1. The Morgan fingerprint density at radius 3 is 2.53 bits per heavy atom. The van der Waals surface area contributed by atoms with Crippen molar-refractivity contribution < 1.29 is 23.4 Å². The number of benzene rings is 1. The second-order valence-electron chi connectivity index (χ2n) is 3.58. The minimum absolute atomic E-state index is 0.0403. The molecule has 0 fully saturated rings. The summed E-state index contributed by atoms with van der Waals surface area (Å²) in [5, 5.41) is 17.4. The second-order valence-corrected chi connectivity index (χ2v) is 6.04. The molecule has 106 valence electrons. The Labute approximate surface area is 120 Å². The number of aliphatic hydroxyl groups is 1. The molecule has 0 aromatic heterocycles. The Morgan fingerprint density at radius 2 is 2.00 bits per heavy atom. The molecule has 1 aromatic rings. The van der Waals surface area contributed by atoms with Crippen molar-refractivity contribution in [3.05, 3.63) is 28.2 Å². The number of hydrogen-bond donors (Lipinski definition) is 3. The van der Waals surface area contributed by atoms with Gasteiger partial charge in [0.15, 0.2) is 0 Å². The lowest BCUT2D eigenvalue weighted by atomic mass is 10.2. The number of nitrogens with one attached hydrogen (secondary N) is 1. The zero-order chi connectivity index (χ0) is 14.6. The van der Waals surface area contributed by atoms with E-state index in [9.17, 15) is 13.2 Å². The van der Waals surface area contributed by atoms with Crippen molar-refractivity contribution in [3.8, 4) is 0 Å². The molecule has 0 amide bonds. The Kier molecular flexibility index (Phi) is 5.57. The average Bonchev–Trinajstić information content (AvgIpc) is 2.31. The molecule has 0 unspecified atom stereocenters. The number of aliphatic carboxylic acids is 1. The van der Waals surface area contributed by atoms with Gasteiger partial charge in [-0.15, -0.1) is 0 Å². The summed E-state index contributed by atoms with van der Waals surface area (Å²) in [5.74, 6) is -1.39. The summed E-state index contributed by atoms with van der Waals surface area (Å²) in [7, 11) is -4.14. The summed E-state index contributed by atoms with van der Waals surface area (Å²) in [6.45, 7) is -0.469. The molecule has 0 heterocycles. The van der Waals surface area contributed by atoms with Gasteiger partial charge in [0.05, 0.1) is 10.0 Å². The lowest BCUT2D eigenvalue weighted by molar-refractivity contribution is -0.139. The Balaban J connectivity index is 3.10. The number of hydrogen-bond acceptors (Lipinski definition) is 4. The summed E-state index contributed by atoms with van der Waals surface area (Å²) in [6, 6.07) is 2.55. The summed E-state index contributed by atoms with van der Waals surface area (Å²) in [4.78, 5) is 10.5. The fourth-order valence-corrected chi connectivity index (χ4v) is 3.29. The SMILES string of the molecule is O=C(O)[C@H](CCO)NS(=O)(=O)c1cccc(Cl)c1Cl. The Bertz CT molecular complexity index is 575. The third kappa shape index (κ3) is 4.05. The van der Waals surface area contributed by atoms with E-state index in [2.05, 4.69) is 0 Å². The van der Waals surface area contributed by atoms with Crippen LogP contribution in [0.3, 0.4) is 0 Å². The molecule has 0 radical (unpaired) electrons. The zero-order valence-corrected chi connectivity index (χ0v) is 11.8. The topological polar surface area (TPSA) is 104 Å². The normalized spacial score (nSPS) is 13.2. The first kappa shape index (κ1) is 16.2. The van der Waals surface area contributed by atoms with Crippen molar-refractivity contribution in [2.24, 2.45) is 0 Å². The highest BCUT2D eigenvalue weighted by molar-refractivity contribution is 7.89. The van der Waals surface area contributed by atoms with Crippen LogP contribution in [0.15, 0.2) is 23.1 Å². The van der Waals surface area contributed by atoms with Crippen LogP contribution in [0.2, 0.25) is 10.0 Å². The number of carboxylic acids is 1. The molecule has 1 rings (SSSR count). The Hall–Kier alpha value is -0.860. The van der Waals surface area contributed by atoms with Gasteiger partial charge in [-0.1, -0.05) is 29.3 Å². The number of halogens is 2. The maximum absolute atomic E-state index is 12.0. The number of aliphatic hydroxyl groups excluding tert-OH is 1. The van der Waals surface area contributed by atoms with Crippen LogP contribution in [-0.2, 0) is 14.8 Å². The van der Waals surface area contributed by atoms with E-state index < -0.39 is 28.6 Å². The fraction of sp³-hybridized carbons (Fsp3) is 0.300. The summed E-state index contributed by atoms with van der Waals surface area (Å²) in [5.41, 5.74) is 0. The molecule has 1 aromatic carbocycles. The van der Waals surface area contributed by atoms with E-state index >= 15 is 0 Å². The van der Waals surface area contributed by atoms with Gasteiger partial charge in [-0.3, -0.25) is 4.79 Å². The number of carbonyl (C=O) groups is 1. The van der Waals surface area contributed by atoms with Crippen LogP contribution in [0.5, 0.6) is 0 Å². The number of carboxylic acid groups (broad SMARTS) is 1. The highest BCUT2D eigenvalue weighted by atomic mass is 35.5. The van der Waals surface area contributed by atoms with E-state index in [0.717, 1.165) is 0 Å². The van der Waals surface area contributed by atoms with E-state index in [1.165, 1.54) is 18.2 Å². The van der Waals surface area contributed by atoms with Gasteiger partial charge in [-0.05, 0) is 18.6 Å². The first-order valence-corrected chi connectivity index (χ1v) is 7.33. The largest absolute Gasteiger partial charge is 0.480 e. The van der Waals surface area contributed by atoms with E-state index in [4.69, 9.17) is 33.4 Å². The maximum Gasteiger partial charge on any atom is 0.321 e. The van der Waals surface area contributed by atoms with Crippen LogP contribution in [0.4, 0.5) is 0 Å². The minimum Gasteiger partial charge on any atom is -0.480 e. The lowest BCUT2D eigenvalue weighted by Gasteiger charge is -2.14. The first-order valence-electron chi connectivity index (χ1n) is 5.09. The zero-order valence-electron chi connectivity index (χ0n) is 9.51. The highest BCUT2D eigenvalue weighted by Crippen LogP contribution is 2.28. The van der Waals surface area contributed by atoms with Crippen molar-refractivity contribution in [2.75, 3.05) is 6.61 Å². The summed E-state index contributed by atoms with van der Waals surface area (Å²) in [6.07, 6.45) is -0.257. The van der Waals surface area contributed by atoms with E-state index in [-0.39, 0.29) is 21.4 Å². The first-order chi connectivity index (χ1) is 8.79. The maximum atomic E-state index is 12.0. The molecule has 3 N–H and O–H groups in total. The summed E-state index contributed by atoms with van der Waals surface area (Å²) >= 11 is 11.5. The quantitative estimate of drug-likeness (QED) is 0.726.